The molecule has 3 heterocycles. The van der Waals surface area contributed by atoms with Gasteiger partial charge in [-0.15, -0.1) is 0 Å². The molecular weight excluding hydrogens is 375 g/mol. The van der Waals surface area contributed by atoms with Gasteiger partial charge >= 0.3 is 6.03 Å². The zero-order valence-electron chi connectivity index (χ0n) is 16.1. The molecule has 2 atom stereocenters. The number of methoxy groups -OCH3 is 1. The maximum atomic E-state index is 13.8. The Hall–Kier alpha value is -3.00. The molecule has 4 rings (SSSR count). The quantitative estimate of drug-likeness (QED) is 0.804. The first-order valence-corrected chi connectivity index (χ1v) is 9.65. The number of urea groups is 1. The van der Waals surface area contributed by atoms with E-state index in [1.165, 1.54) is 12.1 Å². The van der Waals surface area contributed by atoms with E-state index in [9.17, 15) is 14.0 Å². The van der Waals surface area contributed by atoms with E-state index in [1.54, 1.807) is 36.5 Å². The van der Waals surface area contributed by atoms with Crippen molar-refractivity contribution >= 4 is 17.6 Å². The molecule has 2 saturated heterocycles. The van der Waals surface area contributed by atoms with E-state index in [1.807, 2.05) is 17.0 Å². The van der Waals surface area contributed by atoms with Crippen LogP contribution in [0.5, 0.6) is 0 Å². The van der Waals surface area contributed by atoms with Gasteiger partial charge in [-0.3, -0.25) is 9.78 Å². The largest absolute Gasteiger partial charge is 0.369 e. The van der Waals surface area contributed by atoms with Gasteiger partial charge in [-0.2, -0.15) is 0 Å². The number of amides is 3. The van der Waals surface area contributed by atoms with Gasteiger partial charge < -0.3 is 19.9 Å². The number of carbonyl (C=O) groups is 2. The third-order valence-electron chi connectivity index (χ3n) is 5.65. The van der Waals surface area contributed by atoms with Crippen molar-refractivity contribution in [3.63, 3.8) is 0 Å². The van der Waals surface area contributed by atoms with Crippen molar-refractivity contribution in [2.45, 2.75) is 31.0 Å². The number of para-hydroxylation sites is 1. The number of rotatable bonds is 4. The van der Waals surface area contributed by atoms with Crippen LogP contribution in [0.3, 0.4) is 0 Å². The standard InChI is InChI=1S/C21H23FN4O3/c1-29-19-18(14-6-10-23-11-7-14)26(20(19)27)15-8-12-25(13-9-15)21(28)24-17-5-3-2-4-16(17)22/h2-7,10-11,15,18-19H,8-9,12-13H2,1H3,(H,24,28)/t18-,19+/m0/s1. The van der Waals surface area contributed by atoms with E-state index >= 15 is 0 Å². The number of nitrogens with one attached hydrogen (secondary N) is 1. The Morgan fingerprint density at radius 1 is 1.17 bits per heavy atom. The second-order valence-electron chi connectivity index (χ2n) is 7.26. The fourth-order valence-corrected chi connectivity index (χ4v) is 4.12. The summed E-state index contributed by atoms with van der Waals surface area (Å²) < 4.78 is 19.2. The normalized spacial score (nSPS) is 22.3. The van der Waals surface area contributed by atoms with Gasteiger partial charge in [0, 0.05) is 38.6 Å². The van der Waals surface area contributed by atoms with Crippen LogP contribution in [0.1, 0.15) is 24.4 Å². The van der Waals surface area contributed by atoms with Crippen molar-refractivity contribution < 1.29 is 18.7 Å². The lowest BCUT2D eigenvalue weighted by atomic mass is 9.86. The van der Waals surface area contributed by atoms with Crippen molar-refractivity contribution in [1.29, 1.82) is 0 Å². The van der Waals surface area contributed by atoms with Crippen molar-refractivity contribution in [3.05, 3.63) is 60.2 Å². The molecule has 29 heavy (non-hydrogen) atoms. The van der Waals surface area contributed by atoms with Gasteiger partial charge in [0.2, 0.25) is 0 Å². The lowest BCUT2D eigenvalue weighted by Crippen LogP contribution is -2.64. The summed E-state index contributed by atoms with van der Waals surface area (Å²) >= 11 is 0. The molecule has 8 heteroatoms. The Morgan fingerprint density at radius 2 is 1.86 bits per heavy atom. The summed E-state index contributed by atoms with van der Waals surface area (Å²) in [5, 5.41) is 2.62. The number of ether oxygens (including phenoxy) is 1. The molecule has 0 spiro atoms. The smallest absolute Gasteiger partial charge is 0.321 e. The van der Waals surface area contributed by atoms with Gasteiger partial charge in [0.1, 0.15) is 5.82 Å². The van der Waals surface area contributed by atoms with Crippen molar-refractivity contribution in [2.24, 2.45) is 0 Å². The minimum absolute atomic E-state index is 0.0245. The molecule has 1 aromatic carbocycles. The summed E-state index contributed by atoms with van der Waals surface area (Å²) in [5.41, 5.74) is 1.16. The second kappa shape index (κ2) is 8.16. The Morgan fingerprint density at radius 3 is 2.52 bits per heavy atom. The first-order valence-electron chi connectivity index (χ1n) is 9.65. The van der Waals surface area contributed by atoms with Gasteiger partial charge in [0.15, 0.2) is 6.10 Å². The summed E-state index contributed by atoms with van der Waals surface area (Å²) in [6, 6.07) is 9.44. The van der Waals surface area contributed by atoms with Gasteiger partial charge in [-0.25, -0.2) is 9.18 Å². The number of β-lactam (4-membered cyclic amide) rings is 1. The van der Waals surface area contributed by atoms with Gasteiger partial charge in [0.25, 0.3) is 5.91 Å². The topological polar surface area (TPSA) is 74.8 Å². The van der Waals surface area contributed by atoms with E-state index < -0.39 is 11.9 Å². The summed E-state index contributed by atoms with van der Waals surface area (Å²) in [4.78, 5) is 32.7. The first-order chi connectivity index (χ1) is 14.1. The zero-order valence-corrected chi connectivity index (χ0v) is 16.1. The molecule has 0 saturated carbocycles. The van der Waals surface area contributed by atoms with Crippen molar-refractivity contribution in [1.82, 2.24) is 14.8 Å². The average Bonchev–Trinajstić information content (AvgIpc) is 2.75. The van der Waals surface area contributed by atoms with Gasteiger partial charge in [-0.1, -0.05) is 12.1 Å². The molecule has 2 aliphatic heterocycles. The number of pyridine rings is 1. The minimum atomic E-state index is -0.486. The average molecular weight is 398 g/mol. The highest BCUT2D eigenvalue weighted by Gasteiger charge is 2.51. The predicted molar refractivity (Wildman–Crippen MR) is 105 cm³/mol. The van der Waals surface area contributed by atoms with Gasteiger partial charge in [0.05, 0.1) is 11.7 Å². The number of nitrogens with zero attached hydrogens (tertiary/aromatic N) is 3. The second-order valence-corrected chi connectivity index (χ2v) is 7.26. The molecule has 0 aliphatic carbocycles. The zero-order chi connectivity index (χ0) is 20.4. The SMILES string of the molecule is CO[C@H]1C(=O)N(C2CCN(C(=O)Nc3ccccc3F)CC2)[C@H]1c1ccncc1. The van der Waals surface area contributed by atoms with E-state index in [4.69, 9.17) is 4.74 Å². The molecule has 0 unspecified atom stereocenters. The molecule has 3 amide bonds. The number of hydrogen-bond acceptors (Lipinski definition) is 4. The monoisotopic (exact) mass is 398 g/mol. The van der Waals surface area contributed by atoms with Gasteiger partial charge in [-0.05, 0) is 42.7 Å². The number of anilines is 1. The van der Waals surface area contributed by atoms with Crippen LogP contribution in [0.4, 0.5) is 14.9 Å². The summed E-state index contributed by atoms with van der Waals surface area (Å²) in [6.45, 7) is 0.991. The molecule has 152 valence electrons. The summed E-state index contributed by atoms with van der Waals surface area (Å²) in [6.07, 6.45) is 4.25. The van der Waals surface area contributed by atoms with Crippen LogP contribution in [0, 0.1) is 5.82 Å². The Bertz CT molecular complexity index is 887. The fraction of sp³-hybridized carbons (Fsp3) is 0.381. The Labute approximate surface area is 168 Å². The maximum absolute atomic E-state index is 13.8. The molecular formula is C21H23FN4O3. The minimum Gasteiger partial charge on any atom is -0.369 e. The summed E-state index contributed by atoms with van der Waals surface area (Å²) in [7, 11) is 1.55. The molecule has 1 aromatic heterocycles. The fourth-order valence-electron chi connectivity index (χ4n) is 4.12. The number of likely N-dealkylation sites (tertiary alicyclic amines) is 2. The van der Waals surface area contributed by atoms with E-state index in [2.05, 4.69) is 10.3 Å². The predicted octanol–water partition coefficient (Wildman–Crippen LogP) is 2.82. The number of piperidine rings is 1. The van der Waals surface area contributed by atoms with Crippen LogP contribution in [-0.2, 0) is 9.53 Å². The number of hydrogen-bond donors (Lipinski definition) is 1. The molecule has 0 radical (unpaired) electrons. The number of carbonyl (C=O) groups excluding carboxylic acids is 2. The lowest BCUT2D eigenvalue weighted by molar-refractivity contribution is -0.178. The highest BCUT2D eigenvalue weighted by molar-refractivity contribution is 5.90. The molecule has 1 N–H and O–H groups in total. The van der Waals surface area contributed by atoms with Crippen LogP contribution in [0.2, 0.25) is 0 Å². The lowest BCUT2D eigenvalue weighted by Gasteiger charge is -2.52. The molecule has 2 fully saturated rings. The van der Waals surface area contributed by atoms with Crippen LogP contribution >= 0.6 is 0 Å². The van der Waals surface area contributed by atoms with Crippen LogP contribution < -0.4 is 5.32 Å². The van der Waals surface area contributed by atoms with Crippen LogP contribution in [0.25, 0.3) is 0 Å². The van der Waals surface area contributed by atoms with E-state index in [0.29, 0.717) is 25.9 Å². The Kier molecular flexibility index (Phi) is 5.44. The van der Waals surface area contributed by atoms with E-state index in [0.717, 1.165) is 5.56 Å². The molecule has 2 aliphatic rings. The number of benzene rings is 1. The highest BCUT2D eigenvalue weighted by atomic mass is 19.1. The van der Waals surface area contributed by atoms with Crippen LogP contribution in [-0.4, -0.2) is 59.1 Å². The molecule has 2 aromatic rings. The highest BCUT2D eigenvalue weighted by Crippen LogP contribution is 2.40. The maximum Gasteiger partial charge on any atom is 0.321 e. The first kappa shape index (κ1) is 19.3. The molecule has 0 bridgehead atoms. The number of aromatic nitrogens is 1. The third kappa shape index (κ3) is 3.67. The Balaban J connectivity index is 1.39. The van der Waals surface area contributed by atoms with Crippen molar-refractivity contribution in [2.75, 3.05) is 25.5 Å². The van der Waals surface area contributed by atoms with Crippen molar-refractivity contribution in [3.8, 4) is 0 Å². The van der Waals surface area contributed by atoms with Crippen LogP contribution in [0.15, 0.2) is 48.8 Å². The number of halogens is 1. The van der Waals surface area contributed by atoms with E-state index in [-0.39, 0.29) is 29.7 Å². The molecule has 7 nitrogen and oxygen atoms in total. The third-order valence-corrected chi connectivity index (χ3v) is 5.65. The summed E-state index contributed by atoms with van der Waals surface area (Å²) in [5.74, 6) is -0.490.